The van der Waals surface area contributed by atoms with E-state index in [1.54, 1.807) is 0 Å². The minimum Gasteiger partial charge on any atom is -0.381 e. The number of hydrogen-bond donors (Lipinski definition) is 1. The minimum absolute atomic E-state index is 0.253. The molecular formula is C12H25NO. The van der Waals surface area contributed by atoms with Gasteiger partial charge in [-0.2, -0.15) is 0 Å². The number of piperidine rings is 1. The van der Waals surface area contributed by atoms with Crippen LogP contribution in [-0.2, 0) is 4.74 Å². The maximum atomic E-state index is 5.53. The normalized spacial score (nSPS) is 26.4. The van der Waals surface area contributed by atoms with Crippen molar-refractivity contribution >= 4 is 0 Å². The lowest BCUT2D eigenvalue weighted by atomic mass is 9.76. The van der Waals surface area contributed by atoms with E-state index in [0.29, 0.717) is 5.92 Å². The Morgan fingerprint density at radius 3 is 2.07 bits per heavy atom. The fourth-order valence-corrected chi connectivity index (χ4v) is 2.94. The van der Waals surface area contributed by atoms with Crippen LogP contribution in [0.15, 0.2) is 0 Å². The van der Waals surface area contributed by atoms with E-state index in [4.69, 9.17) is 4.74 Å². The van der Waals surface area contributed by atoms with Crippen LogP contribution in [0.1, 0.15) is 47.5 Å². The summed E-state index contributed by atoms with van der Waals surface area (Å²) in [5.74, 6) is 0.709. The Labute approximate surface area is 88.4 Å². The molecule has 0 spiro atoms. The molecule has 0 bridgehead atoms. The third-order valence-electron chi connectivity index (χ3n) is 2.83. The molecule has 14 heavy (non-hydrogen) atoms. The summed E-state index contributed by atoms with van der Waals surface area (Å²) in [7, 11) is 0. The first-order valence-corrected chi connectivity index (χ1v) is 5.72. The molecule has 2 heteroatoms. The molecule has 0 saturated carbocycles. The van der Waals surface area contributed by atoms with Gasteiger partial charge in [-0.05, 0) is 53.4 Å². The summed E-state index contributed by atoms with van der Waals surface area (Å²) in [5, 5.41) is 3.68. The molecule has 2 nitrogen and oxygen atoms in total. The lowest BCUT2D eigenvalue weighted by molar-refractivity contribution is 0.0459. The van der Waals surface area contributed by atoms with Crippen LogP contribution in [0.5, 0.6) is 0 Å². The van der Waals surface area contributed by atoms with Crippen LogP contribution >= 0.6 is 0 Å². The third-order valence-corrected chi connectivity index (χ3v) is 2.83. The molecule has 1 aliphatic heterocycles. The van der Waals surface area contributed by atoms with Crippen molar-refractivity contribution in [1.29, 1.82) is 0 Å². The molecular weight excluding hydrogens is 174 g/mol. The molecule has 1 rings (SSSR count). The maximum absolute atomic E-state index is 5.53. The van der Waals surface area contributed by atoms with Gasteiger partial charge in [0, 0.05) is 24.3 Å². The summed E-state index contributed by atoms with van der Waals surface area (Å²) in [6.07, 6.45) is 2.44. The van der Waals surface area contributed by atoms with Gasteiger partial charge in [0.2, 0.25) is 0 Å². The molecule has 1 saturated heterocycles. The van der Waals surface area contributed by atoms with E-state index in [-0.39, 0.29) is 11.1 Å². The zero-order valence-electron chi connectivity index (χ0n) is 10.3. The predicted molar refractivity (Wildman–Crippen MR) is 60.5 cm³/mol. The monoisotopic (exact) mass is 199 g/mol. The summed E-state index contributed by atoms with van der Waals surface area (Å²) in [4.78, 5) is 0. The van der Waals surface area contributed by atoms with Gasteiger partial charge >= 0.3 is 0 Å². The molecule has 0 aromatic carbocycles. The number of hydrogen-bond acceptors (Lipinski definition) is 2. The van der Waals surface area contributed by atoms with Crippen LogP contribution in [0.25, 0.3) is 0 Å². The van der Waals surface area contributed by atoms with Gasteiger partial charge in [0.25, 0.3) is 0 Å². The van der Waals surface area contributed by atoms with Gasteiger partial charge in [-0.25, -0.2) is 0 Å². The zero-order chi connectivity index (χ0) is 10.8. The van der Waals surface area contributed by atoms with E-state index in [1.165, 1.54) is 12.8 Å². The van der Waals surface area contributed by atoms with Crippen molar-refractivity contribution in [2.45, 2.75) is 58.5 Å². The Hall–Kier alpha value is -0.0800. The predicted octanol–water partition coefficient (Wildman–Crippen LogP) is 2.58. The third kappa shape index (κ3) is 3.58. The van der Waals surface area contributed by atoms with Crippen LogP contribution in [0, 0.1) is 5.92 Å². The first kappa shape index (κ1) is 12.0. The average molecular weight is 199 g/mol. The lowest BCUT2D eigenvalue weighted by Gasteiger charge is -2.46. The maximum Gasteiger partial charge on any atom is 0.0495 e. The van der Waals surface area contributed by atoms with Crippen molar-refractivity contribution in [2.75, 3.05) is 13.2 Å². The first-order chi connectivity index (χ1) is 6.35. The average Bonchev–Trinajstić information content (AvgIpc) is 1.94. The summed E-state index contributed by atoms with van der Waals surface area (Å²) in [6.45, 7) is 13.0. The van der Waals surface area contributed by atoms with Crippen molar-refractivity contribution in [3.05, 3.63) is 0 Å². The molecule has 84 valence electrons. The van der Waals surface area contributed by atoms with Gasteiger partial charge in [0.05, 0.1) is 0 Å². The van der Waals surface area contributed by atoms with Crippen LogP contribution in [-0.4, -0.2) is 24.3 Å². The minimum atomic E-state index is 0.253. The van der Waals surface area contributed by atoms with Crippen molar-refractivity contribution in [1.82, 2.24) is 5.32 Å². The number of ether oxygens (including phenoxy) is 1. The van der Waals surface area contributed by atoms with Gasteiger partial charge in [-0.1, -0.05) is 0 Å². The molecule has 1 N–H and O–H groups in total. The highest BCUT2D eigenvalue weighted by Crippen LogP contribution is 2.32. The molecule has 0 amide bonds. The largest absolute Gasteiger partial charge is 0.381 e. The van der Waals surface area contributed by atoms with E-state index in [9.17, 15) is 0 Å². The molecule has 0 unspecified atom stereocenters. The molecule has 1 aliphatic rings. The van der Waals surface area contributed by atoms with Crippen molar-refractivity contribution < 1.29 is 4.74 Å². The molecule has 0 radical (unpaired) electrons. The molecule has 0 atom stereocenters. The summed E-state index contributed by atoms with van der Waals surface area (Å²) in [5.41, 5.74) is 0.507. The standard InChI is InChI=1S/C12H25NO/c1-6-14-9-10-7-11(2,3)13-12(4,5)8-10/h10,13H,6-9H2,1-5H3. The van der Waals surface area contributed by atoms with Gasteiger partial charge < -0.3 is 10.1 Å². The van der Waals surface area contributed by atoms with E-state index < -0.39 is 0 Å². The molecule has 1 fully saturated rings. The van der Waals surface area contributed by atoms with Gasteiger partial charge in [0.1, 0.15) is 0 Å². The Kier molecular flexibility index (Phi) is 3.59. The fourth-order valence-electron chi connectivity index (χ4n) is 2.94. The quantitative estimate of drug-likeness (QED) is 0.754. The number of rotatable bonds is 3. The van der Waals surface area contributed by atoms with Crippen molar-refractivity contribution in [2.24, 2.45) is 5.92 Å². The van der Waals surface area contributed by atoms with Crippen LogP contribution < -0.4 is 5.32 Å². The van der Waals surface area contributed by atoms with Crippen molar-refractivity contribution in [3.63, 3.8) is 0 Å². The number of nitrogens with one attached hydrogen (secondary N) is 1. The van der Waals surface area contributed by atoms with Crippen LogP contribution in [0.2, 0.25) is 0 Å². The van der Waals surface area contributed by atoms with E-state index in [1.807, 2.05) is 0 Å². The molecule has 0 aliphatic carbocycles. The summed E-state index contributed by atoms with van der Waals surface area (Å²) in [6, 6.07) is 0. The summed E-state index contributed by atoms with van der Waals surface area (Å²) >= 11 is 0. The smallest absolute Gasteiger partial charge is 0.0495 e. The highest BCUT2D eigenvalue weighted by molar-refractivity contribution is 4.96. The highest BCUT2D eigenvalue weighted by atomic mass is 16.5. The van der Waals surface area contributed by atoms with Crippen molar-refractivity contribution in [3.8, 4) is 0 Å². The fraction of sp³-hybridized carbons (Fsp3) is 1.00. The Morgan fingerprint density at radius 1 is 1.14 bits per heavy atom. The molecule has 1 heterocycles. The van der Waals surface area contributed by atoms with Crippen LogP contribution in [0.4, 0.5) is 0 Å². The Balaban J connectivity index is 2.53. The second-order valence-electron chi connectivity index (χ2n) is 5.83. The first-order valence-electron chi connectivity index (χ1n) is 5.72. The SMILES string of the molecule is CCOCC1CC(C)(C)NC(C)(C)C1. The molecule has 0 aromatic rings. The lowest BCUT2D eigenvalue weighted by Crippen LogP contribution is -2.58. The topological polar surface area (TPSA) is 21.3 Å². The second-order valence-corrected chi connectivity index (χ2v) is 5.83. The van der Waals surface area contributed by atoms with Gasteiger partial charge in [0.15, 0.2) is 0 Å². The van der Waals surface area contributed by atoms with E-state index in [2.05, 4.69) is 39.9 Å². The van der Waals surface area contributed by atoms with Crippen LogP contribution in [0.3, 0.4) is 0 Å². The Morgan fingerprint density at radius 2 is 1.64 bits per heavy atom. The van der Waals surface area contributed by atoms with Gasteiger partial charge in [-0.3, -0.25) is 0 Å². The van der Waals surface area contributed by atoms with Gasteiger partial charge in [-0.15, -0.1) is 0 Å². The zero-order valence-corrected chi connectivity index (χ0v) is 10.3. The Bertz CT molecular complexity index is 171. The second kappa shape index (κ2) is 4.19. The highest BCUT2D eigenvalue weighted by Gasteiger charge is 2.37. The van der Waals surface area contributed by atoms with E-state index in [0.717, 1.165) is 13.2 Å². The molecule has 0 aromatic heterocycles. The van der Waals surface area contributed by atoms with E-state index >= 15 is 0 Å². The summed E-state index contributed by atoms with van der Waals surface area (Å²) < 4.78 is 5.53.